The van der Waals surface area contributed by atoms with E-state index >= 15 is 0 Å². The predicted octanol–water partition coefficient (Wildman–Crippen LogP) is 5.85. The predicted molar refractivity (Wildman–Crippen MR) is 139 cm³/mol. The van der Waals surface area contributed by atoms with Crippen LogP contribution in [0.2, 0.25) is 0 Å². The van der Waals surface area contributed by atoms with Crippen molar-refractivity contribution < 1.29 is 9.47 Å². The SMILES string of the molecule is COc1cccc2c1OC1(CCN(Cc3ccccc3)CC1)N1N=C(c3cc(C)ccc3C)C[C@@H]21. The standard InChI is InChI=1S/C30H33N3O2/c1-21-12-13-22(2)25(18-21)26-19-27-24-10-7-11-28(34-3)29(24)35-30(33(27)31-26)14-16-32(17-15-30)20-23-8-5-4-6-9-23/h4-13,18,27H,14-17,19-20H2,1-3H3/t27-/m0/s1. The van der Waals surface area contributed by atoms with Gasteiger partial charge in [-0.1, -0.05) is 60.2 Å². The van der Waals surface area contributed by atoms with Crippen LogP contribution in [0.3, 0.4) is 0 Å². The van der Waals surface area contributed by atoms with Crippen molar-refractivity contribution in [2.24, 2.45) is 5.10 Å². The van der Waals surface area contributed by atoms with Crippen LogP contribution >= 0.6 is 0 Å². The highest BCUT2D eigenvalue weighted by molar-refractivity contribution is 6.03. The third kappa shape index (κ3) is 3.88. The Labute approximate surface area is 208 Å². The Balaban J connectivity index is 1.35. The summed E-state index contributed by atoms with van der Waals surface area (Å²) >= 11 is 0. The molecule has 0 unspecified atom stereocenters. The minimum Gasteiger partial charge on any atom is -0.493 e. The van der Waals surface area contributed by atoms with E-state index in [2.05, 4.69) is 84.4 Å². The van der Waals surface area contributed by atoms with Crippen molar-refractivity contribution in [1.82, 2.24) is 9.91 Å². The van der Waals surface area contributed by atoms with Crippen LogP contribution in [-0.2, 0) is 6.54 Å². The number of para-hydroxylation sites is 1. The Hall–Kier alpha value is -3.31. The van der Waals surface area contributed by atoms with Crippen molar-refractivity contribution in [1.29, 1.82) is 0 Å². The van der Waals surface area contributed by atoms with Crippen LogP contribution in [0.4, 0.5) is 0 Å². The fraction of sp³-hybridized carbons (Fsp3) is 0.367. The molecular weight excluding hydrogens is 434 g/mol. The molecule has 3 aromatic rings. The van der Waals surface area contributed by atoms with E-state index in [1.54, 1.807) is 7.11 Å². The van der Waals surface area contributed by atoms with Gasteiger partial charge in [-0.2, -0.15) is 5.10 Å². The summed E-state index contributed by atoms with van der Waals surface area (Å²) in [6, 6.07) is 23.8. The molecule has 3 aliphatic heterocycles. The summed E-state index contributed by atoms with van der Waals surface area (Å²) in [6.45, 7) is 7.24. The Kier molecular flexibility index (Phi) is 5.53. The summed E-state index contributed by atoms with van der Waals surface area (Å²) in [5, 5.41) is 7.59. The number of hydrogen-bond donors (Lipinski definition) is 0. The first-order valence-corrected chi connectivity index (χ1v) is 12.6. The molecule has 0 aromatic heterocycles. The number of likely N-dealkylation sites (tertiary alicyclic amines) is 1. The van der Waals surface area contributed by atoms with Crippen molar-refractivity contribution in [2.75, 3.05) is 20.2 Å². The van der Waals surface area contributed by atoms with Gasteiger partial charge >= 0.3 is 0 Å². The minimum absolute atomic E-state index is 0.157. The molecule has 0 N–H and O–H groups in total. The highest BCUT2D eigenvalue weighted by atomic mass is 16.5. The maximum atomic E-state index is 6.90. The summed E-state index contributed by atoms with van der Waals surface area (Å²) in [4.78, 5) is 2.53. The van der Waals surface area contributed by atoms with Crippen molar-refractivity contribution >= 4 is 5.71 Å². The Morgan fingerprint density at radius 1 is 1.00 bits per heavy atom. The highest BCUT2D eigenvalue weighted by Crippen LogP contribution is 2.52. The lowest BCUT2D eigenvalue weighted by Crippen LogP contribution is -2.59. The van der Waals surface area contributed by atoms with Crippen molar-refractivity contribution in [3.63, 3.8) is 0 Å². The van der Waals surface area contributed by atoms with Gasteiger partial charge in [-0.15, -0.1) is 0 Å². The van der Waals surface area contributed by atoms with Crippen LogP contribution in [-0.4, -0.2) is 41.5 Å². The average Bonchev–Trinajstić information content (AvgIpc) is 3.34. The van der Waals surface area contributed by atoms with Crippen LogP contribution < -0.4 is 9.47 Å². The summed E-state index contributed by atoms with van der Waals surface area (Å²) in [5.41, 5.74) is 7.01. The van der Waals surface area contributed by atoms with Crippen molar-refractivity contribution in [3.8, 4) is 11.5 Å². The number of aryl methyl sites for hydroxylation is 2. The van der Waals surface area contributed by atoms with Gasteiger partial charge in [-0.05, 0) is 37.1 Å². The van der Waals surface area contributed by atoms with Gasteiger partial charge in [0.25, 0.3) is 0 Å². The smallest absolute Gasteiger partial charge is 0.200 e. The third-order valence-corrected chi connectivity index (χ3v) is 7.80. The first kappa shape index (κ1) is 22.2. The number of fused-ring (bicyclic) bond motifs is 4. The van der Waals surface area contributed by atoms with E-state index in [4.69, 9.17) is 14.6 Å². The van der Waals surface area contributed by atoms with Crippen LogP contribution in [0, 0.1) is 13.8 Å². The molecule has 0 bridgehead atoms. The van der Waals surface area contributed by atoms with E-state index in [1.165, 1.54) is 27.8 Å². The minimum atomic E-state index is -0.459. The normalized spacial score (nSPS) is 20.7. The van der Waals surface area contributed by atoms with Crippen LogP contribution in [0.1, 0.15) is 53.1 Å². The second-order valence-corrected chi connectivity index (χ2v) is 10.1. The topological polar surface area (TPSA) is 37.3 Å². The molecule has 1 atom stereocenters. The maximum Gasteiger partial charge on any atom is 0.200 e. The first-order chi connectivity index (χ1) is 17.1. The van der Waals surface area contributed by atoms with E-state index in [0.717, 1.165) is 56.1 Å². The number of hydrogen-bond acceptors (Lipinski definition) is 5. The van der Waals surface area contributed by atoms with Crippen LogP contribution in [0.15, 0.2) is 71.8 Å². The third-order valence-electron chi connectivity index (χ3n) is 7.80. The lowest BCUT2D eigenvalue weighted by Gasteiger charge is -2.51. The average molecular weight is 468 g/mol. The van der Waals surface area contributed by atoms with Gasteiger partial charge in [-0.3, -0.25) is 4.90 Å². The van der Waals surface area contributed by atoms with E-state index in [0.29, 0.717) is 0 Å². The lowest BCUT2D eigenvalue weighted by molar-refractivity contribution is -0.151. The number of methoxy groups -OCH3 is 1. The van der Waals surface area contributed by atoms with E-state index in [9.17, 15) is 0 Å². The number of nitrogens with zero attached hydrogens (tertiary/aromatic N) is 3. The summed E-state index contributed by atoms with van der Waals surface area (Å²) in [7, 11) is 1.73. The highest BCUT2D eigenvalue weighted by Gasteiger charge is 2.52. The first-order valence-electron chi connectivity index (χ1n) is 12.6. The number of rotatable bonds is 4. The van der Waals surface area contributed by atoms with E-state index in [-0.39, 0.29) is 6.04 Å². The zero-order chi connectivity index (χ0) is 24.0. The molecule has 1 spiro atoms. The molecule has 0 saturated carbocycles. The van der Waals surface area contributed by atoms with Crippen molar-refractivity contribution in [3.05, 3.63) is 94.5 Å². The molecule has 5 nitrogen and oxygen atoms in total. The molecule has 6 rings (SSSR count). The van der Waals surface area contributed by atoms with Gasteiger partial charge in [0.1, 0.15) is 0 Å². The van der Waals surface area contributed by atoms with Gasteiger partial charge in [0.2, 0.25) is 5.72 Å². The van der Waals surface area contributed by atoms with E-state index in [1.807, 2.05) is 6.07 Å². The number of ether oxygens (including phenoxy) is 2. The molecule has 5 heteroatoms. The Morgan fingerprint density at radius 2 is 1.80 bits per heavy atom. The molecule has 1 fully saturated rings. The van der Waals surface area contributed by atoms with Crippen LogP contribution in [0.5, 0.6) is 11.5 Å². The molecule has 180 valence electrons. The van der Waals surface area contributed by atoms with E-state index < -0.39 is 5.72 Å². The molecule has 3 aliphatic rings. The summed E-state index contributed by atoms with van der Waals surface area (Å²) in [6.07, 6.45) is 2.68. The molecule has 0 amide bonds. The molecule has 3 aromatic carbocycles. The Morgan fingerprint density at radius 3 is 2.57 bits per heavy atom. The lowest BCUT2D eigenvalue weighted by atomic mass is 9.89. The molecule has 0 radical (unpaired) electrons. The van der Waals surface area contributed by atoms with Gasteiger partial charge in [0, 0.05) is 50.0 Å². The number of benzene rings is 3. The number of hydrazone groups is 1. The van der Waals surface area contributed by atoms with Gasteiger partial charge in [0.05, 0.1) is 18.9 Å². The molecule has 1 saturated heterocycles. The Bertz CT molecular complexity index is 1260. The molecule has 0 aliphatic carbocycles. The second-order valence-electron chi connectivity index (χ2n) is 10.1. The zero-order valence-corrected chi connectivity index (χ0v) is 20.8. The fourth-order valence-corrected chi connectivity index (χ4v) is 5.87. The molecular formula is C30H33N3O2. The second kappa shape index (κ2) is 8.72. The fourth-order valence-electron chi connectivity index (χ4n) is 5.87. The van der Waals surface area contributed by atoms with Gasteiger partial charge < -0.3 is 9.47 Å². The zero-order valence-electron chi connectivity index (χ0n) is 20.8. The van der Waals surface area contributed by atoms with Crippen molar-refractivity contribution in [2.45, 2.75) is 51.4 Å². The summed E-state index contributed by atoms with van der Waals surface area (Å²) < 4.78 is 12.7. The van der Waals surface area contributed by atoms with Gasteiger partial charge in [0.15, 0.2) is 11.5 Å². The monoisotopic (exact) mass is 467 g/mol. The number of piperidine rings is 1. The maximum absolute atomic E-state index is 6.90. The largest absolute Gasteiger partial charge is 0.493 e. The quantitative estimate of drug-likeness (QED) is 0.483. The molecule has 35 heavy (non-hydrogen) atoms. The van der Waals surface area contributed by atoms with Gasteiger partial charge in [-0.25, -0.2) is 5.01 Å². The van der Waals surface area contributed by atoms with Crippen LogP contribution in [0.25, 0.3) is 0 Å². The molecule has 3 heterocycles. The summed E-state index contributed by atoms with van der Waals surface area (Å²) in [5.74, 6) is 1.71.